The molecule has 35 valence electrons. The van der Waals surface area contributed by atoms with E-state index in [4.69, 9.17) is 4.43 Å². The molecule has 0 aromatic heterocycles. The van der Waals surface area contributed by atoms with Crippen LogP contribution in [0.3, 0.4) is 0 Å². The Balaban J connectivity index is 2.49. The predicted octanol–water partition coefficient (Wildman–Crippen LogP) is 0.518. The molecule has 0 N–H and O–H groups in total. The molecular formula is C4H9OSi. The molecule has 2 heteroatoms. The molecule has 6 heavy (non-hydrogen) atoms. The zero-order valence-corrected chi connectivity index (χ0v) is 5.13. The molecular weight excluding hydrogens is 92.1 g/mol. The first-order chi connectivity index (χ1) is 2.91. The van der Waals surface area contributed by atoms with Gasteiger partial charge in [0.2, 0.25) is 9.76 Å². The lowest BCUT2D eigenvalue weighted by molar-refractivity contribution is 0.367. The van der Waals surface area contributed by atoms with Gasteiger partial charge in [-0.25, -0.2) is 0 Å². The molecule has 1 nitrogen and oxygen atoms in total. The van der Waals surface area contributed by atoms with Gasteiger partial charge in [-0.15, -0.1) is 6.58 Å². The van der Waals surface area contributed by atoms with Crippen LogP contribution in [-0.4, -0.2) is 16.4 Å². The van der Waals surface area contributed by atoms with Crippen LogP contribution >= 0.6 is 0 Å². The molecule has 0 rings (SSSR count). The van der Waals surface area contributed by atoms with Gasteiger partial charge in [0.05, 0.1) is 0 Å². The Bertz CT molecular complexity index is 36.5. The first-order valence-electron chi connectivity index (χ1n) is 1.97. The van der Waals surface area contributed by atoms with Crippen molar-refractivity contribution in [1.82, 2.24) is 0 Å². The first kappa shape index (κ1) is 5.92. The molecule has 0 heterocycles. The van der Waals surface area contributed by atoms with Crippen LogP contribution in [0.4, 0.5) is 0 Å². The highest BCUT2D eigenvalue weighted by molar-refractivity contribution is 6.33. The quantitative estimate of drug-likeness (QED) is 0.372. The van der Waals surface area contributed by atoms with Crippen molar-refractivity contribution in [2.24, 2.45) is 0 Å². The Morgan fingerprint density at radius 3 is 2.83 bits per heavy atom. The van der Waals surface area contributed by atoms with Gasteiger partial charge < -0.3 is 4.43 Å². The van der Waals surface area contributed by atoms with Gasteiger partial charge in [-0.2, -0.15) is 0 Å². The molecule has 0 amide bonds. The molecule has 0 saturated carbocycles. The summed E-state index contributed by atoms with van der Waals surface area (Å²) in [5, 5.41) is 0. The van der Waals surface area contributed by atoms with Gasteiger partial charge >= 0.3 is 0 Å². The largest absolute Gasteiger partial charge is 0.416 e. The van der Waals surface area contributed by atoms with Crippen molar-refractivity contribution >= 4 is 9.76 Å². The molecule has 0 atom stereocenters. The Hall–Kier alpha value is -0.0831. The molecule has 1 radical (unpaired) electrons. The summed E-state index contributed by atoms with van der Waals surface area (Å²) in [7, 11) is 0.0822. The average molecular weight is 101 g/mol. The minimum absolute atomic E-state index is 0.0822. The topological polar surface area (TPSA) is 9.23 Å². The summed E-state index contributed by atoms with van der Waals surface area (Å²) in [5.41, 5.74) is 1.82. The van der Waals surface area contributed by atoms with Crippen LogP contribution in [0, 0.1) is 0 Å². The Morgan fingerprint density at radius 2 is 2.67 bits per heavy atom. The lowest BCUT2D eigenvalue weighted by Gasteiger charge is -1.86. The Morgan fingerprint density at radius 1 is 2.00 bits per heavy atom. The third-order valence-corrected chi connectivity index (χ3v) is 1.08. The zero-order valence-electron chi connectivity index (χ0n) is 3.98. The first-order valence-corrected chi connectivity index (χ1v) is 3.11. The van der Waals surface area contributed by atoms with Crippen molar-refractivity contribution in [3.8, 4) is 0 Å². The Kier molecular flexibility index (Phi) is 4.85. The fourth-order valence-corrected chi connectivity index (χ4v) is 0.493. The van der Waals surface area contributed by atoms with E-state index in [2.05, 4.69) is 6.58 Å². The summed E-state index contributed by atoms with van der Waals surface area (Å²) >= 11 is 0. The maximum absolute atomic E-state index is 4.95. The van der Waals surface area contributed by atoms with Crippen LogP contribution in [0.1, 0.15) is 6.92 Å². The number of rotatable bonds is 3. The summed E-state index contributed by atoms with van der Waals surface area (Å²) < 4.78 is 4.95. The molecule has 0 aromatic rings. The van der Waals surface area contributed by atoms with Crippen LogP contribution in [0.15, 0.2) is 12.3 Å². The van der Waals surface area contributed by atoms with Crippen molar-refractivity contribution in [3.63, 3.8) is 0 Å². The van der Waals surface area contributed by atoms with E-state index >= 15 is 0 Å². The number of hydrogen-bond acceptors (Lipinski definition) is 1. The fourth-order valence-electron chi connectivity index (χ4n) is 0.164. The second kappa shape index (κ2) is 4.92. The standard InChI is InChI=1S/C4H9OSi/c1-3-5-6-4-2/h4,6H,2-3H2,1H3. The van der Waals surface area contributed by atoms with Crippen molar-refractivity contribution in [2.75, 3.05) is 6.61 Å². The third kappa shape index (κ3) is 3.92. The average Bonchev–Trinajstić information content (AvgIpc) is 1.61. The molecule has 0 aliphatic rings. The Labute approximate surface area is 41.0 Å². The normalized spacial score (nSPS) is 8.17. The summed E-state index contributed by atoms with van der Waals surface area (Å²) in [4.78, 5) is 0. The van der Waals surface area contributed by atoms with E-state index in [1.807, 2.05) is 12.6 Å². The van der Waals surface area contributed by atoms with Crippen LogP contribution in [-0.2, 0) is 4.43 Å². The van der Waals surface area contributed by atoms with Gasteiger partial charge in [0.25, 0.3) is 0 Å². The molecule has 0 unspecified atom stereocenters. The summed E-state index contributed by atoms with van der Waals surface area (Å²) in [6, 6.07) is 0. The van der Waals surface area contributed by atoms with Crippen molar-refractivity contribution in [3.05, 3.63) is 12.3 Å². The molecule has 0 spiro atoms. The number of hydrogen-bond donors (Lipinski definition) is 0. The van der Waals surface area contributed by atoms with Crippen molar-refractivity contribution < 1.29 is 4.43 Å². The predicted molar refractivity (Wildman–Crippen MR) is 29.0 cm³/mol. The van der Waals surface area contributed by atoms with Gasteiger partial charge in [0.15, 0.2) is 0 Å². The smallest absolute Gasteiger partial charge is 0.219 e. The highest BCUT2D eigenvalue weighted by atomic mass is 28.2. The van der Waals surface area contributed by atoms with E-state index in [1.54, 1.807) is 0 Å². The molecule has 0 aromatic carbocycles. The highest BCUT2D eigenvalue weighted by Crippen LogP contribution is 1.65. The van der Waals surface area contributed by atoms with E-state index < -0.39 is 0 Å². The van der Waals surface area contributed by atoms with Crippen LogP contribution < -0.4 is 0 Å². The van der Waals surface area contributed by atoms with Gasteiger partial charge in [0.1, 0.15) is 0 Å². The SMILES string of the molecule is C=C[SiH]OCC. The minimum Gasteiger partial charge on any atom is -0.416 e. The van der Waals surface area contributed by atoms with Crippen LogP contribution in [0.25, 0.3) is 0 Å². The van der Waals surface area contributed by atoms with Crippen LogP contribution in [0.2, 0.25) is 0 Å². The van der Waals surface area contributed by atoms with Crippen molar-refractivity contribution in [1.29, 1.82) is 0 Å². The zero-order chi connectivity index (χ0) is 4.83. The second-order valence-electron chi connectivity index (χ2n) is 0.827. The summed E-state index contributed by atoms with van der Waals surface area (Å²) in [6.45, 7) is 6.31. The maximum Gasteiger partial charge on any atom is 0.219 e. The molecule has 0 bridgehead atoms. The second-order valence-corrected chi connectivity index (χ2v) is 1.90. The summed E-state index contributed by atoms with van der Waals surface area (Å²) in [6.07, 6.45) is 0. The van der Waals surface area contributed by atoms with E-state index in [0.29, 0.717) is 0 Å². The molecule has 0 saturated heterocycles. The maximum atomic E-state index is 4.95. The molecule has 0 aliphatic heterocycles. The van der Waals surface area contributed by atoms with E-state index in [1.165, 1.54) is 0 Å². The van der Waals surface area contributed by atoms with Crippen LogP contribution in [0.5, 0.6) is 0 Å². The molecule has 0 fully saturated rings. The van der Waals surface area contributed by atoms with Crippen molar-refractivity contribution in [2.45, 2.75) is 6.92 Å². The van der Waals surface area contributed by atoms with E-state index in [-0.39, 0.29) is 9.76 Å². The van der Waals surface area contributed by atoms with E-state index in [0.717, 1.165) is 6.61 Å². The highest BCUT2D eigenvalue weighted by Gasteiger charge is 1.71. The van der Waals surface area contributed by atoms with Gasteiger partial charge in [0, 0.05) is 6.61 Å². The van der Waals surface area contributed by atoms with Gasteiger partial charge in [-0.3, -0.25) is 0 Å². The lowest BCUT2D eigenvalue weighted by atomic mass is 10.9. The monoisotopic (exact) mass is 101 g/mol. The van der Waals surface area contributed by atoms with E-state index in [9.17, 15) is 0 Å². The van der Waals surface area contributed by atoms with Gasteiger partial charge in [-0.05, 0) is 6.92 Å². The third-order valence-electron chi connectivity index (χ3n) is 0.359. The fraction of sp³-hybridized carbons (Fsp3) is 0.500. The lowest BCUT2D eigenvalue weighted by Crippen LogP contribution is -1.91. The minimum atomic E-state index is 0.0822. The molecule has 0 aliphatic carbocycles. The summed E-state index contributed by atoms with van der Waals surface area (Å²) in [5.74, 6) is 0. The van der Waals surface area contributed by atoms with Gasteiger partial charge in [-0.1, -0.05) is 5.70 Å².